The molecule has 0 aliphatic carbocycles. The van der Waals surface area contributed by atoms with Crippen LogP contribution in [0, 0.1) is 0 Å². The Morgan fingerprint density at radius 1 is 0.938 bits per heavy atom. The number of nitrogens with one attached hydrogen (secondary N) is 1. The van der Waals surface area contributed by atoms with Gasteiger partial charge < -0.3 is 9.88 Å². The fraction of sp³-hybridized carbons (Fsp3) is 0.160. The zero-order chi connectivity index (χ0) is 22.3. The van der Waals surface area contributed by atoms with Crippen molar-refractivity contribution < 1.29 is 4.79 Å². The highest BCUT2D eigenvalue weighted by Gasteiger charge is 2.12. The zero-order valence-electron chi connectivity index (χ0n) is 17.7. The number of benzene rings is 3. The predicted octanol–water partition coefficient (Wildman–Crippen LogP) is 6.00. The highest BCUT2D eigenvalue weighted by molar-refractivity contribution is 7.98. The molecule has 1 N–H and O–H groups in total. The smallest absolute Gasteiger partial charge is 0.224 e. The van der Waals surface area contributed by atoms with Crippen LogP contribution in [0.3, 0.4) is 0 Å². The number of amides is 1. The Bertz CT molecular complexity index is 1180. The summed E-state index contributed by atoms with van der Waals surface area (Å²) in [5, 5.41) is 13.2. The lowest BCUT2D eigenvalue weighted by Crippen LogP contribution is -2.12. The number of halogens is 1. The van der Waals surface area contributed by atoms with Crippen molar-refractivity contribution in [1.82, 2.24) is 14.8 Å². The summed E-state index contributed by atoms with van der Waals surface area (Å²) in [7, 11) is 1.96. The maximum absolute atomic E-state index is 12.3. The standard InChI is InChI=1S/C25H23ClN4OS/c1-30-24(28-29-25(30)32-17-19-7-12-21(26)13-8-19)20-10-14-22(15-11-20)27-23(31)16-9-18-5-3-2-4-6-18/h2-8,10-15H,9,16-17H2,1H3,(H,27,31). The number of aromatic nitrogens is 3. The van der Waals surface area contributed by atoms with Crippen molar-refractivity contribution in [2.45, 2.75) is 23.8 Å². The summed E-state index contributed by atoms with van der Waals surface area (Å²) in [6, 6.07) is 25.5. The number of carbonyl (C=O) groups is 1. The van der Waals surface area contributed by atoms with Crippen LogP contribution in [-0.2, 0) is 24.0 Å². The van der Waals surface area contributed by atoms with Crippen molar-refractivity contribution in [3.05, 3.63) is 95.0 Å². The number of thioether (sulfide) groups is 1. The molecule has 162 valence electrons. The second kappa shape index (κ2) is 10.5. The number of anilines is 1. The zero-order valence-corrected chi connectivity index (χ0v) is 19.2. The van der Waals surface area contributed by atoms with Crippen LogP contribution in [0.2, 0.25) is 5.02 Å². The van der Waals surface area contributed by atoms with Crippen LogP contribution >= 0.6 is 23.4 Å². The molecular weight excluding hydrogens is 440 g/mol. The van der Waals surface area contributed by atoms with E-state index in [1.807, 2.05) is 90.5 Å². The number of aryl methyl sites for hydroxylation is 1. The van der Waals surface area contributed by atoms with Gasteiger partial charge in [0.05, 0.1) is 0 Å². The average molecular weight is 463 g/mol. The number of carbonyl (C=O) groups excluding carboxylic acids is 1. The van der Waals surface area contributed by atoms with Gasteiger partial charge in [-0.25, -0.2) is 0 Å². The fourth-order valence-corrected chi connectivity index (χ4v) is 4.24. The second-order valence-corrected chi connectivity index (χ2v) is 8.77. The van der Waals surface area contributed by atoms with Crippen LogP contribution in [0.1, 0.15) is 17.5 Å². The number of hydrogen-bond donors (Lipinski definition) is 1. The van der Waals surface area contributed by atoms with Crippen LogP contribution in [0.4, 0.5) is 5.69 Å². The van der Waals surface area contributed by atoms with Crippen LogP contribution in [0.5, 0.6) is 0 Å². The molecule has 0 saturated carbocycles. The van der Waals surface area contributed by atoms with Crippen LogP contribution in [-0.4, -0.2) is 20.7 Å². The van der Waals surface area contributed by atoms with Gasteiger partial charge in [-0.3, -0.25) is 4.79 Å². The first-order valence-corrected chi connectivity index (χ1v) is 11.7. The molecule has 7 heteroatoms. The van der Waals surface area contributed by atoms with Gasteiger partial charge in [-0.05, 0) is 53.9 Å². The Morgan fingerprint density at radius 2 is 1.66 bits per heavy atom. The van der Waals surface area contributed by atoms with Crippen LogP contribution in [0.25, 0.3) is 11.4 Å². The summed E-state index contributed by atoms with van der Waals surface area (Å²) in [5.74, 6) is 1.57. The quantitative estimate of drug-likeness (QED) is 0.326. The van der Waals surface area contributed by atoms with Gasteiger partial charge in [0.2, 0.25) is 5.91 Å². The lowest BCUT2D eigenvalue weighted by atomic mass is 10.1. The van der Waals surface area contributed by atoms with Gasteiger partial charge in [-0.1, -0.05) is 65.8 Å². The largest absolute Gasteiger partial charge is 0.326 e. The predicted molar refractivity (Wildman–Crippen MR) is 131 cm³/mol. The van der Waals surface area contributed by atoms with Crippen molar-refractivity contribution in [3.63, 3.8) is 0 Å². The minimum Gasteiger partial charge on any atom is -0.326 e. The summed E-state index contributed by atoms with van der Waals surface area (Å²) in [6.07, 6.45) is 1.17. The second-order valence-electron chi connectivity index (χ2n) is 7.39. The van der Waals surface area contributed by atoms with Crippen LogP contribution < -0.4 is 5.32 Å². The SMILES string of the molecule is Cn1c(SCc2ccc(Cl)cc2)nnc1-c1ccc(NC(=O)CCc2ccccc2)cc1. The first-order valence-electron chi connectivity index (χ1n) is 10.3. The Kier molecular flexibility index (Phi) is 7.24. The molecule has 0 saturated heterocycles. The molecule has 0 atom stereocenters. The minimum atomic E-state index is 0.00106. The summed E-state index contributed by atoms with van der Waals surface area (Å²) in [4.78, 5) is 12.3. The third kappa shape index (κ3) is 5.78. The molecule has 0 aliphatic heterocycles. The van der Waals surface area contributed by atoms with E-state index in [-0.39, 0.29) is 5.91 Å². The maximum Gasteiger partial charge on any atom is 0.224 e. The van der Waals surface area contributed by atoms with E-state index in [0.29, 0.717) is 6.42 Å². The van der Waals surface area contributed by atoms with Crippen molar-refractivity contribution >= 4 is 35.0 Å². The van der Waals surface area contributed by atoms with Gasteiger partial charge >= 0.3 is 0 Å². The van der Waals surface area contributed by atoms with Crippen LogP contribution in [0.15, 0.2) is 84.0 Å². The molecule has 1 heterocycles. The lowest BCUT2D eigenvalue weighted by molar-refractivity contribution is -0.116. The topological polar surface area (TPSA) is 59.8 Å². The van der Waals surface area contributed by atoms with E-state index < -0.39 is 0 Å². The summed E-state index contributed by atoms with van der Waals surface area (Å²) >= 11 is 7.57. The Hall–Kier alpha value is -3.09. The molecule has 1 aromatic heterocycles. The van der Waals surface area contributed by atoms with Gasteiger partial charge in [0.15, 0.2) is 11.0 Å². The first kappa shape index (κ1) is 22.1. The van der Waals surface area contributed by atoms with Crippen molar-refractivity contribution in [2.75, 3.05) is 5.32 Å². The molecule has 0 bridgehead atoms. The maximum atomic E-state index is 12.3. The molecule has 3 aromatic carbocycles. The van der Waals surface area contributed by atoms with E-state index in [4.69, 9.17) is 11.6 Å². The highest BCUT2D eigenvalue weighted by atomic mass is 35.5. The van der Waals surface area contributed by atoms with Gasteiger partial charge in [-0.2, -0.15) is 0 Å². The molecule has 5 nitrogen and oxygen atoms in total. The van der Waals surface area contributed by atoms with Gasteiger partial charge in [0, 0.05) is 35.5 Å². The summed E-state index contributed by atoms with van der Waals surface area (Å²) in [5.41, 5.74) is 4.05. The number of hydrogen-bond acceptors (Lipinski definition) is 4. The van der Waals surface area contributed by atoms with E-state index >= 15 is 0 Å². The molecule has 4 rings (SSSR count). The third-order valence-corrected chi connectivity index (χ3v) is 6.37. The van der Waals surface area contributed by atoms with Crippen molar-refractivity contribution in [2.24, 2.45) is 7.05 Å². The lowest BCUT2D eigenvalue weighted by Gasteiger charge is -2.07. The third-order valence-electron chi connectivity index (χ3n) is 5.03. The number of rotatable bonds is 8. The van der Waals surface area contributed by atoms with Crippen molar-refractivity contribution in [1.29, 1.82) is 0 Å². The molecule has 0 unspecified atom stereocenters. The fourth-order valence-electron chi connectivity index (χ4n) is 3.25. The molecule has 1 amide bonds. The van der Waals surface area contributed by atoms with E-state index in [1.54, 1.807) is 11.8 Å². The highest BCUT2D eigenvalue weighted by Crippen LogP contribution is 2.26. The number of nitrogens with zero attached hydrogens (tertiary/aromatic N) is 3. The Labute approximate surface area is 196 Å². The van der Waals surface area contributed by atoms with E-state index in [9.17, 15) is 4.79 Å². The monoisotopic (exact) mass is 462 g/mol. The molecule has 0 fully saturated rings. The molecule has 0 radical (unpaired) electrons. The molecule has 4 aromatic rings. The van der Waals surface area contributed by atoms with E-state index in [0.717, 1.165) is 45.0 Å². The van der Waals surface area contributed by atoms with Gasteiger partial charge in [0.1, 0.15) is 0 Å². The Balaban J connectivity index is 1.34. The van der Waals surface area contributed by atoms with Crippen molar-refractivity contribution in [3.8, 4) is 11.4 Å². The van der Waals surface area contributed by atoms with E-state index in [2.05, 4.69) is 15.5 Å². The molecule has 0 spiro atoms. The Morgan fingerprint density at radius 3 is 2.38 bits per heavy atom. The molecular formula is C25H23ClN4OS. The summed E-state index contributed by atoms with van der Waals surface area (Å²) < 4.78 is 1.98. The van der Waals surface area contributed by atoms with Gasteiger partial charge in [-0.15, -0.1) is 10.2 Å². The first-order chi connectivity index (χ1) is 15.6. The normalized spacial score (nSPS) is 10.8. The minimum absolute atomic E-state index is 0.00106. The average Bonchev–Trinajstić information content (AvgIpc) is 3.19. The molecule has 32 heavy (non-hydrogen) atoms. The van der Waals surface area contributed by atoms with Gasteiger partial charge in [0.25, 0.3) is 0 Å². The molecule has 0 aliphatic rings. The summed E-state index contributed by atoms with van der Waals surface area (Å²) in [6.45, 7) is 0. The van der Waals surface area contributed by atoms with E-state index in [1.165, 1.54) is 5.56 Å².